The molecule has 0 saturated heterocycles. The molecule has 8 heteroatoms. The number of rotatable bonds is 6. The van der Waals surface area contributed by atoms with E-state index in [4.69, 9.17) is 5.14 Å². The first kappa shape index (κ1) is 23.7. The third-order valence-corrected chi connectivity index (χ3v) is 7.92. The van der Waals surface area contributed by atoms with E-state index in [1.165, 1.54) is 12.1 Å². The van der Waals surface area contributed by atoms with E-state index in [0.717, 1.165) is 16.9 Å². The zero-order chi connectivity index (χ0) is 22.1. The van der Waals surface area contributed by atoms with E-state index in [2.05, 4.69) is 4.36 Å². The lowest BCUT2D eigenvalue weighted by Gasteiger charge is -2.19. The molecule has 5 nitrogen and oxygen atoms in total. The van der Waals surface area contributed by atoms with E-state index in [-0.39, 0.29) is 28.3 Å². The Hall–Kier alpha value is -1.61. The SMILES string of the molecule is CC(C)c1ccc(F)c(C(C)C)c1CC(=O)N=S(N)(=O)c1ccc(C(C)(C)O)s1. The van der Waals surface area contributed by atoms with Crippen LogP contribution in [0.2, 0.25) is 0 Å². The fourth-order valence-electron chi connectivity index (χ4n) is 3.20. The van der Waals surface area contributed by atoms with Gasteiger partial charge in [0.25, 0.3) is 5.91 Å². The molecule has 0 bridgehead atoms. The monoisotopic (exact) mass is 440 g/mol. The Balaban J connectivity index is 2.46. The number of carbonyl (C=O) groups excluding carboxylic acids is 1. The van der Waals surface area contributed by atoms with Crippen molar-refractivity contribution in [2.45, 2.75) is 69.6 Å². The topological polar surface area (TPSA) is 92.8 Å². The molecular formula is C21H29FN2O3S2. The second kappa shape index (κ2) is 8.63. The molecule has 0 aliphatic carbocycles. The third kappa shape index (κ3) is 5.51. The number of benzene rings is 1. The van der Waals surface area contributed by atoms with Crippen molar-refractivity contribution in [2.24, 2.45) is 9.50 Å². The highest BCUT2D eigenvalue weighted by Crippen LogP contribution is 2.32. The minimum Gasteiger partial charge on any atom is -0.385 e. The van der Waals surface area contributed by atoms with E-state index < -0.39 is 21.4 Å². The van der Waals surface area contributed by atoms with Crippen LogP contribution in [0, 0.1) is 5.82 Å². The molecule has 2 rings (SSSR count). The van der Waals surface area contributed by atoms with E-state index in [1.807, 2.05) is 27.7 Å². The van der Waals surface area contributed by atoms with Gasteiger partial charge in [-0.15, -0.1) is 15.7 Å². The largest absolute Gasteiger partial charge is 0.385 e. The van der Waals surface area contributed by atoms with Crippen LogP contribution in [0.25, 0.3) is 0 Å². The zero-order valence-electron chi connectivity index (χ0n) is 17.7. The number of hydrogen-bond donors (Lipinski definition) is 2. The first-order valence-corrected chi connectivity index (χ1v) is 11.8. The van der Waals surface area contributed by atoms with Crippen molar-refractivity contribution in [3.63, 3.8) is 0 Å². The lowest BCUT2D eigenvalue weighted by atomic mass is 9.86. The van der Waals surface area contributed by atoms with Crippen molar-refractivity contribution in [3.05, 3.63) is 51.7 Å². The second-order valence-electron chi connectivity index (χ2n) is 8.25. The highest BCUT2D eigenvalue weighted by Gasteiger charge is 2.23. The molecule has 0 radical (unpaired) electrons. The van der Waals surface area contributed by atoms with Gasteiger partial charge in [0.1, 0.15) is 10.0 Å². The Kier molecular flexibility index (Phi) is 7.05. The molecule has 0 aliphatic rings. The summed E-state index contributed by atoms with van der Waals surface area (Å²) in [5.41, 5.74) is 0.816. The number of amides is 1. The van der Waals surface area contributed by atoms with Gasteiger partial charge in [-0.1, -0.05) is 33.8 Å². The molecule has 1 heterocycles. The van der Waals surface area contributed by atoms with Crippen LogP contribution in [0.15, 0.2) is 32.8 Å². The van der Waals surface area contributed by atoms with Crippen LogP contribution in [0.5, 0.6) is 0 Å². The van der Waals surface area contributed by atoms with Crippen LogP contribution < -0.4 is 5.14 Å². The smallest absolute Gasteiger partial charge is 0.259 e. The second-order valence-corrected chi connectivity index (χ2v) is 11.3. The fraction of sp³-hybridized carbons (Fsp3) is 0.476. The molecule has 0 fully saturated rings. The van der Waals surface area contributed by atoms with Crippen molar-refractivity contribution in [2.75, 3.05) is 0 Å². The van der Waals surface area contributed by atoms with Crippen molar-refractivity contribution in [1.29, 1.82) is 0 Å². The summed E-state index contributed by atoms with van der Waals surface area (Å²) in [4.78, 5) is 13.2. The Morgan fingerprint density at radius 1 is 1.21 bits per heavy atom. The maximum atomic E-state index is 14.5. The Morgan fingerprint density at radius 2 is 1.83 bits per heavy atom. The normalized spacial score (nSPS) is 14.3. The highest BCUT2D eigenvalue weighted by atomic mass is 32.2. The molecule has 29 heavy (non-hydrogen) atoms. The molecule has 1 aromatic carbocycles. The number of nitrogens with two attached hydrogens (primary N) is 1. The molecule has 1 aromatic heterocycles. The quantitative estimate of drug-likeness (QED) is 0.674. The van der Waals surface area contributed by atoms with Crippen molar-refractivity contribution >= 4 is 27.2 Å². The van der Waals surface area contributed by atoms with Gasteiger partial charge in [0.2, 0.25) is 0 Å². The summed E-state index contributed by atoms with van der Waals surface area (Å²) in [6.07, 6.45) is -0.170. The van der Waals surface area contributed by atoms with Crippen LogP contribution in [0.3, 0.4) is 0 Å². The van der Waals surface area contributed by atoms with E-state index in [1.54, 1.807) is 26.0 Å². The van der Waals surface area contributed by atoms with Gasteiger partial charge < -0.3 is 5.11 Å². The predicted octanol–water partition coefficient (Wildman–Crippen LogP) is 4.83. The molecule has 1 atom stereocenters. The van der Waals surface area contributed by atoms with Gasteiger partial charge >= 0.3 is 0 Å². The van der Waals surface area contributed by atoms with Gasteiger partial charge in [0.15, 0.2) is 9.92 Å². The van der Waals surface area contributed by atoms with Crippen LogP contribution in [-0.2, 0) is 26.7 Å². The number of halogens is 1. The van der Waals surface area contributed by atoms with Gasteiger partial charge in [0.05, 0.1) is 12.0 Å². The van der Waals surface area contributed by atoms with Gasteiger partial charge in [-0.05, 0) is 60.6 Å². The fourth-order valence-corrected chi connectivity index (χ4v) is 5.52. The van der Waals surface area contributed by atoms with E-state index >= 15 is 0 Å². The number of thiophene rings is 1. The van der Waals surface area contributed by atoms with Gasteiger partial charge in [-0.3, -0.25) is 4.79 Å². The van der Waals surface area contributed by atoms with E-state index in [0.29, 0.717) is 16.0 Å². The lowest BCUT2D eigenvalue weighted by Crippen LogP contribution is -2.16. The van der Waals surface area contributed by atoms with Crippen LogP contribution in [0.1, 0.15) is 74.9 Å². The highest BCUT2D eigenvalue weighted by molar-refractivity contribution is 7.93. The maximum absolute atomic E-state index is 14.5. The van der Waals surface area contributed by atoms with Crippen LogP contribution >= 0.6 is 11.3 Å². The summed E-state index contributed by atoms with van der Waals surface area (Å²) in [7, 11) is -3.46. The Bertz CT molecular complexity index is 1030. The summed E-state index contributed by atoms with van der Waals surface area (Å²) in [5.74, 6) is -1.06. The first-order valence-electron chi connectivity index (χ1n) is 9.45. The molecule has 0 saturated carbocycles. The number of aliphatic hydroxyl groups is 1. The molecule has 0 spiro atoms. The number of nitrogens with zero attached hydrogens (tertiary/aromatic N) is 1. The molecule has 1 unspecified atom stereocenters. The minimum absolute atomic E-state index is 0.0878. The van der Waals surface area contributed by atoms with Gasteiger partial charge in [-0.2, -0.15) is 0 Å². The van der Waals surface area contributed by atoms with Gasteiger partial charge in [-0.25, -0.2) is 13.7 Å². The summed E-state index contributed by atoms with van der Waals surface area (Å²) in [6, 6.07) is 6.24. The molecule has 160 valence electrons. The minimum atomic E-state index is -3.46. The zero-order valence-corrected chi connectivity index (χ0v) is 19.3. The maximum Gasteiger partial charge on any atom is 0.259 e. The predicted molar refractivity (Wildman–Crippen MR) is 116 cm³/mol. The molecule has 2 aromatic rings. The summed E-state index contributed by atoms with van der Waals surface area (Å²) in [6.45, 7) is 10.9. The Labute approximate surface area is 176 Å². The summed E-state index contributed by atoms with van der Waals surface area (Å²) in [5, 5.41) is 15.9. The van der Waals surface area contributed by atoms with Crippen molar-refractivity contribution in [3.8, 4) is 0 Å². The van der Waals surface area contributed by atoms with Crippen molar-refractivity contribution in [1.82, 2.24) is 0 Å². The molecule has 3 N–H and O–H groups in total. The summed E-state index contributed by atoms with van der Waals surface area (Å²) >= 11 is 1.06. The molecular weight excluding hydrogens is 411 g/mol. The first-order chi connectivity index (χ1) is 13.2. The third-order valence-electron chi connectivity index (χ3n) is 4.58. The average Bonchev–Trinajstić information content (AvgIpc) is 3.04. The van der Waals surface area contributed by atoms with Crippen LogP contribution in [0.4, 0.5) is 4.39 Å². The van der Waals surface area contributed by atoms with Crippen molar-refractivity contribution < 1.29 is 18.5 Å². The molecule has 1 amide bonds. The van der Waals surface area contributed by atoms with Crippen LogP contribution in [-0.4, -0.2) is 15.2 Å². The van der Waals surface area contributed by atoms with Gasteiger partial charge in [0, 0.05) is 4.88 Å². The summed E-state index contributed by atoms with van der Waals surface area (Å²) < 4.78 is 31.3. The number of carbonyl (C=O) groups is 1. The standard InChI is InChI=1S/C21H29FN2O3S2/c1-12(2)14-7-8-16(22)20(13(3)4)15(14)11-18(25)24-29(23,27)19-10-9-17(28-19)21(5,6)26/h7-10,12-13,26H,11H2,1-6H3,(H2,23,24,25,27). The lowest BCUT2D eigenvalue weighted by molar-refractivity contribution is -0.117. The van der Waals surface area contributed by atoms with E-state index in [9.17, 15) is 18.5 Å². The molecule has 0 aliphatic heterocycles. The Morgan fingerprint density at radius 3 is 2.31 bits per heavy atom. The average molecular weight is 441 g/mol. The number of hydrogen-bond acceptors (Lipinski definition) is 4.